The summed E-state index contributed by atoms with van der Waals surface area (Å²) in [6, 6.07) is 1.75. The number of nitrogens with one attached hydrogen (secondary N) is 1. The van der Waals surface area contributed by atoms with Crippen LogP contribution in [0.4, 0.5) is 4.79 Å². The van der Waals surface area contributed by atoms with E-state index in [1.807, 2.05) is 31.5 Å². The first-order valence-corrected chi connectivity index (χ1v) is 9.59. The van der Waals surface area contributed by atoms with Crippen LogP contribution in [0, 0.1) is 5.41 Å². The van der Waals surface area contributed by atoms with E-state index in [1.54, 1.807) is 7.11 Å². The van der Waals surface area contributed by atoms with Gasteiger partial charge in [0, 0.05) is 42.5 Å². The highest BCUT2D eigenvalue weighted by atomic mass is 32.2. The lowest BCUT2D eigenvalue weighted by Crippen LogP contribution is -2.50. The Morgan fingerprint density at radius 1 is 1.48 bits per heavy atom. The summed E-state index contributed by atoms with van der Waals surface area (Å²) in [6.45, 7) is 7.45. The van der Waals surface area contributed by atoms with E-state index in [4.69, 9.17) is 4.74 Å². The molecule has 2 atom stereocenters. The normalized spacial score (nSPS) is 23.6. The lowest BCUT2D eigenvalue weighted by molar-refractivity contribution is 0.0699. The smallest absolute Gasteiger partial charge is 0.407 e. The number of hydrogen-bond donors (Lipinski definition) is 2. The zero-order valence-electron chi connectivity index (χ0n) is 15.1. The quantitative estimate of drug-likeness (QED) is 0.786. The van der Waals surface area contributed by atoms with Gasteiger partial charge in [-0.05, 0) is 33.6 Å². The molecule has 2 aliphatic heterocycles. The number of ether oxygens (including phenoxy) is 1. The molecule has 2 aliphatic rings. The molecule has 0 bridgehead atoms. The standard InChI is InChI=1S/C16H26N4O4S/c1-15(2,3)25(23)18-13-11-9-12(24-4)17-20(11)10-16(13)5-7-19(8-6-16)14(21)22/h9,13,18H,5-8,10H2,1-4H3,(H,21,22)/t13-,25-/m1/s1. The number of nitrogens with zero attached hydrogens (tertiary/aromatic N) is 3. The summed E-state index contributed by atoms with van der Waals surface area (Å²) in [7, 11) is 1.58. The second kappa shape index (κ2) is 6.37. The van der Waals surface area contributed by atoms with Crippen LogP contribution in [0.2, 0.25) is 0 Å². The second-order valence-corrected chi connectivity index (χ2v) is 9.83. The molecule has 8 nitrogen and oxygen atoms in total. The molecule has 0 radical (unpaired) electrons. The molecule has 3 heterocycles. The van der Waals surface area contributed by atoms with E-state index in [0.717, 1.165) is 5.69 Å². The van der Waals surface area contributed by atoms with Crippen molar-refractivity contribution in [2.75, 3.05) is 20.2 Å². The summed E-state index contributed by atoms with van der Waals surface area (Å²) in [5.41, 5.74) is 0.778. The van der Waals surface area contributed by atoms with Crippen LogP contribution in [0.5, 0.6) is 5.88 Å². The van der Waals surface area contributed by atoms with Gasteiger partial charge < -0.3 is 19.3 Å². The predicted octanol–water partition coefficient (Wildman–Crippen LogP) is 1.76. The van der Waals surface area contributed by atoms with Crippen molar-refractivity contribution in [3.63, 3.8) is 0 Å². The first-order valence-electron chi connectivity index (χ1n) is 8.44. The van der Waals surface area contributed by atoms with Crippen molar-refractivity contribution in [3.05, 3.63) is 11.8 Å². The van der Waals surface area contributed by atoms with Gasteiger partial charge in [-0.15, -0.1) is 9.82 Å². The average Bonchev–Trinajstić information content (AvgIpc) is 3.04. The summed E-state index contributed by atoms with van der Waals surface area (Å²) in [4.78, 5) is 12.7. The van der Waals surface area contributed by atoms with Crippen molar-refractivity contribution < 1.29 is 19.2 Å². The van der Waals surface area contributed by atoms with Crippen molar-refractivity contribution in [2.45, 2.75) is 50.9 Å². The highest BCUT2D eigenvalue weighted by Gasteiger charge is 2.52. The van der Waals surface area contributed by atoms with E-state index >= 15 is 0 Å². The largest absolute Gasteiger partial charge is 0.598 e. The molecule has 25 heavy (non-hydrogen) atoms. The highest BCUT2D eigenvalue weighted by molar-refractivity contribution is 7.90. The molecular formula is C16H26N4O4S. The molecule has 3 rings (SSSR count). The molecule has 1 saturated heterocycles. The maximum absolute atomic E-state index is 12.7. The monoisotopic (exact) mass is 370 g/mol. The molecule has 0 saturated carbocycles. The Labute approximate surface area is 150 Å². The van der Waals surface area contributed by atoms with Crippen LogP contribution in [-0.4, -0.2) is 55.4 Å². The SMILES string of the molecule is COc1cc2n(n1)CC1(CCN(C(=O)O)CC1)[C@@H]2N[S@+]([O-])C(C)(C)C. The Hall–Kier alpha value is -1.45. The number of fused-ring (bicyclic) bond motifs is 1. The van der Waals surface area contributed by atoms with Crippen LogP contribution in [-0.2, 0) is 17.9 Å². The molecule has 9 heteroatoms. The van der Waals surface area contributed by atoms with Crippen molar-refractivity contribution in [1.29, 1.82) is 0 Å². The fraction of sp³-hybridized carbons (Fsp3) is 0.750. The van der Waals surface area contributed by atoms with Crippen molar-refractivity contribution >= 4 is 17.5 Å². The Balaban J connectivity index is 1.87. The highest BCUT2D eigenvalue weighted by Crippen LogP contribution is 2.50. The predicted molar refractivity (Wildman–Crippen MR) is 93.8 cm³/mol. The van der Waals surface area contributed by atoms with Gasteiger partial charge >= 0.3 is 6.09 Å². The second-order valence-electron chi connectivity index (χ2n) is 7.83. The van der Waals surface area contributed by atoms with Gasteiger partial charge in [0.2, 0.25) is 5.88 Å². The van der Waals surface area contributed by atoms with Gasteiger partial charge in [-0.2, -0.15) is 0 Å². The molecule has 0 aliphatic carbocycles. The molecule has 0 unspecified atom stereocenters. The number of piperidine rings is 1. The van der Waals surface area contributed by atoms with Crippen LogP contribution < -0.4 is 9.46 Å². The van der Waals surface area contributed by atoms with E-state index in [1.165, 1.54) is 4.90 Å². The summed E-state index contributed by atoms with van der Waals surface area (Å²) in [5, 5.41) is 13.7. The van der Waals surface area contributed by atoms with Gasteiger partial charge in [0.15, 0.2) is 0 Å². The number of carboxylic acid groups (broad SMARTS) is 1. The van der Waals surface area contributed by atoms with Crippen molar-refractivity contribution in [2.24, 2.45) is 5.41 Å². The number of methoxy groups -OCH3 is 1. The number of aromatic nitrogens is 2. The van der Waals surface area contributed by atoms with Gasteiger partial charge in [-0.1, -0.05) is 0 Å². The number of likely N-dealkylation sites (tertiary alicyclic amines) is 1. The minimum absolute atomic E-state index is 0.139. The molecule has 0 aromatic carbocycles. The number of rotatable bonds is 3. The number of amides is 1. The molecule has 1 amide bonds. The van der Waals surface area contributed by atoms with E-state index in [2.05, 4.69) is 9.82 Å². The number of hydrogen-bond acceptors (Lipinski definition) is 5. The van der Waals surface area contributed by atoms with Crippen LogP contribution in [0.25, 0.3) is 0 Å². The van der Waals surface area contributed by atoms with Gasteiger partial charge in [0.05, 0.1) is 12.8 Å². The topological polar surface area (TPSA) is 103 Å². The first kappa shape index (κ1) is 18.3. The molecular weight excluding hydrogens is 344 g/mol. The number of carbonyl (C=O) groups is 1. The fourth-order valence-electron chi connectivity index (χ4n) is 3.63. The summed E-state index contributed by atoms with van der Waals surface area (Å²) >= 11 is -1.23. The average molecular weight is 370 g/mol. The van der Waals surface area contributed by atoms with E-state index in [-0.39, 0.29) is 16.2 Å². The lowest BCUT2D eigenvalue weighted by atomic mass is 9.74. The third-order valence-electron chi connectivity index (χ3n) is 5.18. The Bertz CT molecular complexity index is 649. The minimum atomic E-state index is -1.23. The van der Waals surface area contributed by atoms with E-state index in [9.17, 15) is 14.5 Å². The molecule has 1 fully saturated rings. The fourth-order valence-corrected chi connectivity index (χ4v) is 4.57. The third-order valence-corrected chi connectivity index (χ3v) is 6.74. The van der Waals surface area contributed by atoms with E-state index < -0.39 is 17.5 Å². The van der Waals surface area contributed by atoms with Crippen molar-refractivity contribution in [1.82, 2.24) is 19.4 Å². The molecule has 1 spiro atoms. The zero-order valence-corrected chi connectivity index (χ0v) is 15.9. The summed E-state index contributed by atoms with van der Waals surface area (Å²) in [6.07, 6.45) is 0.545. The maximum Gasteiger partial charge on any atom is 0.407 e. The molecule has 2 N–H and O–H groups in total. The molecule has 1 aromatic heterocycles. The Morgan fingerprint density at radius 2 is 2.12 bits per heavy atom. The Kier molecular flexibility index (Phi) is 4.67. The maximum atomic E-state index is 12.7. The third kappa shape index (κ3) is 3.32. The lowest BCUT2D eigenvalue weighted by Gasteiger charge is -2.42. The summed E-state index contributed by atoms with van der Waals surface area (Å²) < 4.78 is 22.8. The van der Waals surface area contributed by atoms with Gasteiger partial charge in [0.1, 0.15) is 10.8 Å². The minimum Gasteiger partial charge on any atom is -0.598 e. The van der Waals surface area contributed by atoms with Crippen LogP contribution >= 0.6 is 0 Å². The van der Waals surface area contributed by atoms with Crippen LogP contribution in [0.3, 0.4) is 0 Å². The van der Waals surface area contributed by atoms with E-state index in [0.29, 0.717) is 38.4 Å². The summed E-state index contributed by atoms with van der Waals surface area (Å²) in [5.74, 6) is 0.543. The first-order chi connectivity index (χ1) is 11.7. The van der Waals surface area contributed by atoms with Crippen LogP contribution in [0.1, 0.15) is 45.3 Å². The zero-order chi connectivity index (χ0) is 18.4. The van der Waals surface area contributed by atoms with Gasteiger partial charge in [0.25, 0.3) is 0 Å². The van der Waals surface area contributed by atoms with Crippen molar-refractivity contribution in [3.8, 4) is 5.88 Å². The molecule has 1 aromatic rings. The van der Waals surface area contributed by atoms with Gasteiger partial charge in [-0.3, -0.25) is 4.68 Å². The van der Waals surface area contributed by atoms with Gasteiger partial charge in [-0.25, -0.2) is 4.79 Å². The van der Waals surface area contributed by atoms with Crippen LogP contribution in [0.15, 0.2) is 6.07 Å². The molecule has 140 valence electrons. The Morgan fingerprint density at radius 3 is 2.64 bits per heavy atom.